The Hall–Kier alpha value is -2.47. The number of para-hydroxylation sites is 1. The summed E-state index contributed by atoms with van der Waals surface area (Å²) < 4.78 is 39.9. The predicted octanol–water partition coefficient (Wildman–Crippen LogP) is 4.64. The van der Waals surface area contributed by atoms with Crippen molar-refractivity contribution >= 4 is 11.0 Å². The van der Waals surface area contributed by atoms with E-state index in [0.29, 0.717) is 11.4 Å². The molecule has 3 rings (SSSR count). The minimum atomic E-state index is -4.49. The SMILES string of the molecule is Cc1ccccc1-c1nc2c(C(F)(F)F)cccc2nc1C(C)N. The van der Waals surface area contributed by atoms with Gasteiger partial charge in [-0.05, 0) is 31.5 Å². The molecule has 0 aliphatic rings. The van der Waals surface area contributed by atoms with Crippen LogP contribution in [0.15, 0.2) is 42.5 Å². The average molecular weight is 331 g/mol. The summed E-state index contributed by atoms with van der Waals surface area (Å²) in [4.78, 5) is 8.71. The van der Waals surface area contributed by atoms with Crippen LogP contribution in [0.2, 0.25) is 0 Å². The third-order valence-electron chi connectivity index (χ3n) is 3.86. The van der Waals surface area contributed by atoms with E-state index in [-0.39, 0.29) is 11.0 Å². The topological polar surface area (TPSA) is 51.8 Å². The van der Waals surface area contributed by atoms with Crippen LogP contribution in [-0.2, 0) is 6.18 Å². The zero-order chi connectivity index (χ0) is 17.5. The Morgan fingerprint density at radius 1 is 1.00 bits per heavy atom. The highest BCUT2D eigenvalue weighted by molar-refractivity contribution is 5.82. The lowest BCUT2D eigenvalue weighted by Crippen LogP contribution is -2.13. The van der Waals surface area contributed by atoms with Gasteiger partial charge in [0, 0.05) is 11.6 Å². The molecule has 0 radical (unpaired) electrons. The molecule has 0 saturated carbocycles. The fourth-order valence-electron chi connectivity index (χ4n) is 2.67. The minimum Gasteiger partial charge on any atom is -0.323 e. The number of halogens is 3. The van der Waals surface area contributed by atoms with Crippen molar-refractivity contribution in [3.8, 4) is 11.3 Å². The lowest BCUT2D eigenvalue weighted by molar-refractivity contribution is -0.136. The standard InChI is InChI=1S/C18H16F3N3/c1-10-6-3-4-7-12(10)16-15(11(2)22)23-14-9-5-8-13(17(14)24-16)18(19,20)21/h3-9,11H,22H2,1-2H3. The van der Waals surface area contributed by atoms with Crippen LogP contribution in [-0.4, -0.2) is 9.97 Å². The van der Waals surface area contributed by atoms with E-state index in [9.17, 15) is 13.2 Å². The van der Waals surface area contributed by atoms with E-state index >= 15 is 0 Å². The lowest BCUT2D eigenvalue weighted by Gasteiger charge is -2.16. The molecule has 0 bridgehead atoms. The minimum absolute atomic E-state index is 0.160. The first kappa shape index (κ1) is 16.4. The van der Waals surface area contributed by atoms with Gasteiger partial charge in [0.2, 0.25) is 0 Å². The zero-order valence-corrected chi connectivity index (χ0v) is 13.2. The Morgan fingerprint density at radius 3 is 2.33 bits per heavy atom. The summed E-state index contributed by atoms with van der Waals surface area (Å²) in [6.07, 6.45) is -4.49. The van der Waals surface area contributed by atoms with Gasteiger partial charge in [0.25, 0.3) is 0 Å². The Morgan fingerprint density at radius 2 is 1.71 bits per heavy atom. The second-order valence-corrected chi connectivity index (χ2v) is 5.73. The summed E-state index contributed by atoms with van der Waals surface area (Å²) in [7, 11) is 0. The number of alkyl halides is 3. The van der Waals surface area contributed by atoms with Gasteiger partial charge in [0.05, 0.1) is 22.5 Å². The first-order chi connectivity index (χ1) is 11.3. The monoisotopic (exact) mass is 331 g/mol. The Labute approximate surface area is 137 Å². The normalized spacial score (nSPS) is 13.2. The summed E-state index contributed by atoms with van der Waals surface area (Å²) in [5.41, 5.74) is 7.74. The fraction of sp³-hybridized carbons (Fsp3) is 0.222. The van der Waals surface area contributed by atoms with Gasteiger partial charge in [0.15, 0.2) is 0 Å². The molecular weight excluding hydrogens is 315 g/mol. The largest absolute Gasteiger partial charge is 0.418 e. The highest BCUT2D eigenvalue weighted by atomic mass is 19.4. The van der Waals surface area contributed by atoms with Crippen LogP contribution in [0.3, 0.4) is 0 Å². The Kier molecular flexibility index (Phi) is 4.01. The van der Waals surface area contributed by atoms with Gasteiger partial charge in [-0.25, -0.2) is 9.97 Å². The maximum atomic E-state index is 13.3. The van der Waals surface area contributed by atoms with E-state index in [1.807, 2.05) is 31.2 Å². The molecule has 0 spiro atoms. The molecule has 1 atom stereocenters. The second kappa shape index (κ2) is 5.87. The molecule has 2 N–H and O–H groups in total. The van der Waals surface area contributed by atoms with Gasteiger partial charge < -0.3 is 5.73 Å². The van der Waals surface area contributed by atoms with Crippen LogP contribution < -0.4 is 5.73 Å². The van der Waals surface area contributed by atoms with Gasteiger partial charge in [-0.3, -0.25) is 0 Å². The van der Waals surface area contributed by atoms with Crippen LogP contribution in [0.1, 0.15) is 29.8 Å². The number of nitrogens with two attached hydrogens (primary N) is 1. The van der Waals surface area contributed by atoms with Crippen molar-refractivity contribution in [1.82, 2.24) is 9.97 Å². The third-order valence-corrected chi connectivity index (χ3v) is 3.86. The van der Waals surface area contributed by atoms with Crippen molar-refractivity contribution in [2.45, 2.75) is 26.1 Å². The van der Waals surface area contributed by atoms with E-state index in [1.165, 1.54) is 12.1 Å². The molecule has 0 saturated heterocycles. The summed E-state index contributed by atoms with van der Waals surface area (Å²) in [6, 6.07) is 10.8. The molecule has 1 aromatic heterocycles. The van der Waals surface area contributed by atoms with Crippen LogP contribution in [0.4, 0.5) is 13.2 Å². The number of fused-ring (bicyclic) bond motifs is 1. The number of nitrogens with zero attached hydrogens (tertiary/aromatic N) is 2. The van der Waals surface area contributed by atoms with E-state index in [1.54, 1.807) is 6.92 Å². The molecular formula is C18H16F3N3. The van der Waals surface area contributed by atoms with E-state index < -0.39 is 17.8 Å². The van der Waals surface area contributed by atoms with Gasteiger partial charge in [0.1, 0.15) is 5.52 Å². The molecule has 0 aliphatic carbocycles. The predicted molar refractivity (Wildman–Crippen MR) is 87.3 cm³/mol. The first-order valence-corrected chi connectivity index (χ1v) is 7.48. The summed E-state index contributed by atoms with van der Waals surface area (Å²) in [5.74, 6) is 0. The maximum absolute atomic E-state index is 13.3. The molecule has 3 aromatic rings. The fourth-order valence-corrected chi connectivity index (χ4v) is 2.67. The molecule has 124 valence electrons. The molecule has 3 nitrogen and oxygen atoms in total. The van der Waals surface area contributed by atoms with Gasteiger partial charge in [-0.15, -0.1) is 0 Å². The number of hydrogen-bond donors (Lipinski definition) is 1. The molecule has 2 aromatic carbocycles. The van der Waals surface area contributed by atoms with Gasteiger partial charge in [-0.2, -0.15) is 13.2 Å². The van der Waals surface area contributed by atoms with Crippen molar-refractivity contribution in [3.63, 3.8) is 0 Å². The zero-order valence-electron chi connectivity index (χ0n) is 13.2. The molecule has 0 aliphatic heterocycles. The van der Waals surface area contributed by atoms with Crippen LogP contribution in [0, 0.1) is 6.92 Å². The highest BCUT2D eigenvalue weighted by Gasteiger charge is 2.34. The van der Waals surface area contributed by atoms with Crippen LogP contribution in [0.5, 0.6) is 0 Å². The van der Waals surface area contributed by atoms with E-state index in [4.69, 9.17) is 5.73 Å². The molecule has 0 fully saturated rings. The Balaban J connectivity index is 2.39. The molecule has 0 amide bonds. The quantitative estimate of drug-likeness (QED) is 0.744. The molecule has 1 unspecified atom stereocenters. The van der Waals surface area contributed by atoms with E-state index in [0.717, 1.165) is 17.2 Å². The number of hydrogen-bond acceptors (Lipinski definition) is 3. The van der Waals surface area contributed by atoms with E-state index in [2.05, 4.69) is 9.97 Å². The second-order valence-electron chi connectivity index (χ2n) is 5.73. The summed E-state index contributed by atoms with van der Waals surface area (Å²) in [6.45, 7) is 3.62. The lowest BCUT2D eigenvalue weighted by atomic mass is 10.0. The summed E-state index contributed by atoms with van der Waals surface area (Å²) in [5, 5.41) is 0. The van der Waals surface area contributed by atoms with Gasteiger partial charge >= 0.3 is 6.18 Å². The molecule has 1 heterocycles. The number of rotatable bonds is 2. The first-order valence-electron chi connectivity index (χ1n) is 7.48. The third kappa shape index (κ3) is 2.85. The molecule has 6 heteroatoms. The van der Waals surface area contributed by atoms with Crippen molar-refractivity contribution < 1.29 is 13.2 Å². The highest BCUT2D eigenvalue weighted by Crippen LogP contribution is 2.36. The van der Waals surface area contributed by atoms with Crippen molar-refractivity contribution in [2.75, 3.05) is 0 Å². The smallest absolute Gasteiger partial charge is 0.323 e. The van der Waals surface area contributed by atoms with Crippen molar-refractivity contribution in [2.24, 2.45) is 5.73 Å². The maximum Gasteiger partial charge on any atom is 0.418 e. The number of benzene rings is 2. The van der Waals surface area contributed by atoms with Crippen molar-refractivity contribution in [1.29, 1.82) is 0 Å². The van der Waals surface area contributed by atoms with Crippen molar-refractivity contribution in [3.05, 3.63) is 59.3 Å². The summed E-state index contributed by atoms with van der Waals surface area (Å²) >= 11 is 0. The van der Waals surface area contributed by atoms with Gasteiger partial charge in [-0.1, -0.05) is 30.3 Å². The van der Waals surface area contributed by atoms with Crippen LogP contribution >= 0.6 is 0 Å². The Bertz CT molecular complexity index is 902. The molecule has 24 heavy (non-hydrogen) atoms. The average Bonchev–Trinajstić information content (AvgIpc) is 2.52. The number of aryl methyl sites for hydroxylation is 1. The van der Waals surface area contributed by atoms with Crippen LogP contribution in [0.25, 0.3) is 22.3 Å². The number of aromatic nitrogens is 2.